The van der Waals surface area contributed by atoms with Crippen LogP contribution in [0.4, 0.5) is 0 Å². The molecule has 0 bridgehead atoms. The van der Waals surface area contributed by atoms with E-state index in [1.54, 1.807) is 0 Å². The second kappa shape index (κ2) is 44.6. The van der Waals surface area contributed by atoms with Gasteiger partial charge >= 0.3 is 19.8 Å². The normalized spacial score (nSPS) is 13.1. The molecule has 0 radical (unpaired) electrons. The highest BCUT2D eigenvalue weighted by molar-refractivity contribution is 7.47. The highest BCUT2D eigenvalue weighted by Gasteiger charge is 2.26. The predicted octanol–water partition coefficient (Wildman–Crippen LogP) is 14.4. The molecule has 0 saturated carbocycles. The molecule has 0 saturated heterocycles. The number of hydrogen-bond acceptors (Lipinski definition) is 8. The molecular formula is C47H94NO8P. The number of phosphoric acid groups is 1. The van der Waals surface area contributed by atoms with Crippen molar-refractivity contribution in [3.8, 4) is 0 Å². The van der Waals surface area contributed by atoms with Crippen LogP contribution >= 0.6 is 7.82 Å². The number of ether oxygens (including phenoxy) is 2. The van der Waals surface area contributed by atoms with E-state index in [0.717, 1.165) is 32.1 Å². The lowest BCUT2D eigenvalue weighted by Crippen LogP contribution is -2.29. The van der Waals surface area contributed by atoms with Gasteiger partial charge < -0.3 is 20.1 Å². The number of rotatable bonds is 47. The van der Waals surface area contributed by atoms with Crippen molar-refractivity contribution in [2.75, 3.05) is 26.4 Å². The maximum absolute atomic E-state index is 12.6. The van der Waals surface area contributed by atoms with E-state index >= 15 is 0 Å². The van der Waals surface area contributed by atoms with Crippen molar-refractivity contribution >= 4 is 19.8 Å². The van der Waals surface area contributed by atoms with Crippen LogP contribution in [0.25, 0.3) is 0 Å². The minimum atomic E-state index is -4.37. The van der Waals surface area contributed by atoms with Crippen LogP contribution in [0.15, 0.2) is 0 Å². The third kappa shape index (κ3) is 44.4. The number of phosphoric ester groups is 1. The van der Waals surface area contributed by atoms with Crippen molar-refractivity contribution in [3.63, 3.8) is 0 Å². The van der Waals surface area contributed by atoms with Crippen molar-refractivity contribution in [2.24, 2.45) is 5.73 Å². The first-order valence-electron chi connectivity index (χ1n) is 24.5. The Morgan fingerprint density at radius 3 is 1.07 bits per heavy atom. The van der Waals surface area contributed by atoms with Gasteiger partial charge in [0.15, 0.2) is 6.10 Å². The molecule has 0 amide bonds. The summed E-state index contributed by atoms with van der Waals surface area (Å²) in [4.78, 5) is 35.0. The molecular weight excluding hydrogens is 737 g/mol. The van der Waals surface area contributed by atoms with Gasteiger partial charge in [-0.05, 0) is 12.8 Å². The van der Waals surface area contributed by atoms with Crippen molar-refractivity contribution < 1.29 is 37.6 Å². The van der Waals surface area contributed by atoms with E-state index in [4.69, 9.17) is 24.3 Å². The number of hydrogen-bond donors (Lipinski definition) is 2. The fraction of sp³-hybridized carbons (Fsp3) is 0.957. The standard InChI is InChI=1S/C47H94NO8P/c1-3-5-7-9-11-13-15-17-19-21-22-24-25-27-29-31-33-35-37-39-46(49)53-43-45(44-55-57(51,52)54-42-41-48)56-47(50)40-38-36-34-32-30-28-26-23-20-18-16-14-12-10-8-6-4-2/h45H,3-44,48H2,1-2H3,(H,51,52)/t45-/m1/s1. The molecule has 340 valence electrons. The van der Waals surface area contributed by atoms with Crippen molar-refractivity contribution in [2.45, 2.75) is 264 Å². The number of carbonyl (C=O) groups excluding carboxylic acids is 2. The molecule has 3 N–H and O–H groups in total. The van der Waals surface area contributed by atoms with Crippen LogP contribution in [0, 0.1) is 0 Å². The van der Waals surface area contributed by atoms with E-state index in [1.807, 2.05) is 0 Å². The molecule has 0 rings (SSSR count). The van der Waals surface area contributed by atoms with Gasteiger partial charge in [-0.15, -0.1) is 0 Å². The highest BCUT2D eigenvalue weighted by Crippen LogP contribution is 2.43. The molecule has 0 spiro atoms. The summed E-state index contributed by atoms with van der Waals surface area (Å²) in [6.07, 6.45) is 45.6. The molecule has 10 heteroatoms. The lowest BCUT2D eigenvalue weighted by Gasteiger charge is -2.19. The molecule has 1 unspecified atom stereocenters. The molecule has 0 aliphatic carbocycles. The van der Waals surface area contributed by atoms with E-state index in [9.17, 15) is 19.0 Å². The average Bonchev–Trinajstić information content (AvgIpc) is 3.20. The Labute approximate surface area is 352 Å². The lowest BCUT2D eigenvalue weighted by molar-refractivity contribution is -0.161. The van der Waals surface area contributed by atoms with Crippen LogP contribution in [0.3, 0.4) is 0 Å². The maximum Gasteiger partial charge on any atom is 0.472 e. The monoisotopic (exact) mass is 832 g/mol. The van der Waals surface area contributed by atoms with Gasteiger partial charge in [0.05, 0.1) is 13.2 Å². The topological polar surface area (TPSA) is 134 Å². The van der Waals surface area contributed by atoms with E-state index in [2.05, 4.69) is 13.8 Å². The Balaban J connectivity index is 4.02. The van der Waals surface area contributed by atoms with Crippen LogP contribution in [-0.2, 0) is 32.7 Å². The Morgan fingerprint density at radius 1 is 0.456 bits per heavy atom. The Bertz CT molecular complexity index is 907. The first-order valence-corrected chi connectivity index (χ1v) is 26.0. The molecule has 0 heterocycles. The summed E-state index contributed by atoms with van der Waals surface area (Å²) < 4.78 is 32.9. The van der Waals surface area contributed by atoms with Crippen molar-refractivity contribution in [3.05, 3.63) is 0 Å². The summed E-state index contributed by atoms with van der Waals surface area (Å²) in [5, 5.41) is 0. The number of nitrogens with two attached hydrogens (primary N) is 1. The van der Waals surface area contributed by atoms with Gasteiger partial charge in [0.1, 0.15) is 6.61 Å². The van der Waals surface area contributed by atoms with Crippen LogP contribution in [-0.4, -0.2) is 49.3 Å². The van der Waals surface area contributed by atoms with Gasteiger partial charge in [0.2, 0.25) is 0 Å². The SMILES string of the molecule is CCCCCCCCCCCCCCCCCCCCCC(=O)OC[C@H](COP(=O)(O)OCCN)OC(=O)CCCCCCCCCCCCCCCCCCC. The summed E-state index contributed by atoms with van der Waals surface area (Å²) in [6.45, 7) is 3.80. The van der Waals surface area contributed by atoms with Gasteiger partial charge in [0, 0.05) is 19.4 Å². The summed E-state index contributed by atoms with van der Waals surface area (Å²) in [6, 6.07) is 0. The lowest BCUT2D eigenvalue weighted by atomic mass is 10.0. The zero-order valence-electron chi connectivity index (χ0n) is 37.6. The third-order valence-electron chi connectivity index (χ3n) is 11.0. The van der Waals surface area contributed by atoms with Crippen LogP contribution in [0.2, 0.25) is 0 Å². The quantitative estimate of drug-likeness (QED) is 0.0349. The second-order valence-corrected chi connectivity index (χ2v) is 18.2. The first kappa shape index (κ1) is 56.0. The van der Waals surface area contributed by atoms with Gasteiger partial charge in [0.25, 0.3) is 0 Å². The highest BCUT2D eigenvalue weighted by atomic mass is 31.2. The van der Waals surface area contributed by atoms with Gasteiger partial charge in [-0.2, -0.15) is 0 Å². The molecule has 0 fully saturated rings. The van der Waals surface area contributed by atoms with Gasteiger partial charge in [-0.25, -0.2) is 4.57 Å². The Morgan fingerprint density at radius 2 is 0.754 bits per heavy atom. The molecule has 0 aromatic rings. The largest absolute Gasteiger partial charge is 0.472 e. The summed E-state index contributed by atoms with van der Waals surface area (Å²) >= 11 is 0. The van der Waals surface area contributed by atoms with Crippen LogP contribution < -0.4 is 5.73 Å². The summed E-state index contributed by atoms with van der Waals surface area (Å²) in [5.41, 5.74) is 5.36. The molecule has 9 nitrogen and oxygen atoms in total. The van der Waals surface area contributed by atoms with Crippen molar-refractivity contribution in [1.29, 1.82) is 0 Å². The van der Waals surface area contributed by atoms with Gasteiger partial charge in [-0.1, -0.05) is 232 Å². The number of unbranched alkanes of at least 4 members (excludes halogenated alkanes) is 34. The minimum Gasteiger partial charge on any atom is -0.462 e. The first-order chi connectivity index (χ1) is 27.8. The number of esters is 2. The van der Waals surface area contributed by atoms with Crippen LogP contribution in [0.5, 0.6) is 0 Å². The summed E-state index contributed by atoms with van der Waals surface area (Å²) in [7, 11) is -4.37. The van der Waals surface area contributed by atoms with E-state index < -0.39 is 26.5 Å². The third-order valence-corrected chi connectivity index (χ3v) is 12.0. The molecule has 57 heavy (non-hydrogen) atoms. The van der Waals surface area contributed by atoms with E-state index in [0.29, 0.717) is 6.42 Å². The van der Waals surface area contributed by atoms with Crippen LogP contribution in [0.1, 0.15) is 258 Å². The van der Waals surface area contributed by atoms with E-state index in [-0.39, 0.29) is 38.6 Å². The molecule has 0 aromatic heterocycles. The number of carbonyl (C=O) groups is 2. The Kier molecular flexibility index (Phi) is 43.8. The van der Waals surface area contributed by atoms with Gasteiger partial charge in [-0.3, -0.25) is 18.6 Å². The fourth-order valence-corrected chi connectivity index (χ4v) is 8.11. The molecule has 0 aromatic carbocycles. The average molecular weight is 832 g/mol. The maximum atomic E-state index is 12.6. The van der Waals surface area contributed by atoms with Crippen molar-refractivity contribution in [1.82, 2.24) is 0 Å². The summed E-state index contributed by atoms with van der Waals surface area (Å²) in [5.74, 6) is -0.808. The smallest absolute Gasteiger partial charge is 0.462 e. The second-order valence-electron chi connectivity index (χ2n) is 16.7. The van der Waals surface area contributed by atoms with E-state index in [1.165, 1.54) is 193 Å². The minimum absolute atomic E-state index is 0.0583. The molecule has 0 aliphatic heterocycles. The fourth-order valence-electron chi connectivity index (χ4n) is 7.34. The zero-order chi connectivity index (χ0) is 41.8. The Hall–Kier alpha value is -0.990. The molecule has 0 aliphatic rings. The predicted molar refractivity (Wildman–Crippen MR) is 238 cm³/mol. The zero-order valence-corrected chi connectivity index (χ0v) is 38.5. The molecule has 2 atom stereocenters.